The molecule has 6 nitrogen and oxygen atoms in total. The molecule has 0 aromatic heterocycles. The van der Waals surface area contributed by atoms with Crippen molar-refractivity contribution in [2.24, 2.45) is 0 Å². The summed E-state index contributed by atoms with van der Waals surface area (Å²) >= 11 is 0. The van der Waals surface area contributed by atoms with Gasteiger partial charge >= 0.3 is 6.09 Å². The van der Waals surface area contributed by atoms with Crippen LogP contribution in [0.2, 0.25) is 0 Å². The highest BCUT2D eigenvalue weighted by atomic mass is 16.6. The molecule has 1 N–H and O–H groups in total. The average molecular weight is 299 g/mol. The molecular formula is C15H25NO5. The second-order valence-corrected chi connectivity index (χ2v) is 6.41. The third-order valence-corrected chi connectivity index (χ3v) is 3.54. The molecule has 120 valence electrons. The van der Waals surface area contributed by atoms with Crippen LogP contribution < -0.4 is 0 Å². The molecule has 0 unspecified atom stereocenters. The summed E-state index contributed by atoms with van der Waals surface area (Å²) in [6.07, 6.45) is 2.10. The van der Waals surface area contributed by atoms with E-state index >= 15 is 0 Å². The predicted octanol–water partition coefficient (Wildman–Crippen LogP) is 2.02. The van der Waals surface area contributed by atoms with Crippen LogP contribution in [0, 0.1) is 0 Å². The molecule has 1 fully saturated rings. The summed E-state index contributed by atoms with van der Waals surface area (Å²) in [6, 6.07) is 0.0100. The van der Waals surface area contributed by atoms with Crippen molar-refractivity contribution in [1.82, 2.24) is 4.90 Å². The lowest BCUT2D eigenvalue weighted by Crippen LogP contribution is -2.47. The molecule has 0 aliphatic carbocycles. The molecule has 2 aliphatic rings. The lowest BCUT2D eigenvalue weighted by Gasteiger charge is -2.37. The van der Waals surface area contributed by atoms with Gasteiger partial charge in [-0.15, -0.1) is 0 Å². The highest BCUT2D eigenvalue weighted by Gasteiger charge is 2.41. The maximum absolute atomic E-state index is 11.9. The van der Waals surface area contributed by atoms with E-state index in [0.29, 0.717) is 18.8 Å². The summed E-state index contributed by atoms with van der Waals surface area (Å²) in [6.45, 7) is 8.11. The van der Waals surface area contributed by atoms with Gasteiger partial charge in [0.05, 0.1) is 17.7 Å². The SMILES string of the molecule is CC[C@@H]1COC(=O)N1[C@H]1C[C@@H](OC(C)(C)C)C=C(CO)O1. The Morgan fingerprint density at radius 2 is 2.19 bits per heavy atom. The minimum Gasteiger partial charge on any atom is -0.472 e. The van der Waals surface area contributed by atoms with Gasteiger partial charge in [-0.25, -0.2) is 4.79 Å². The van der Waals surface area contributed by atoms with Crippen molar-refractivity contribution < 1.29 is 24.1 Å². The standard InChI is InChI=1S/C15H25NO5/c1-5-10-9-19-14(18)16(10)13-7-11(21-15(2,3)4)6-12(8-17)20-13/h6,10-11,13,17H,5,7-9H2,1-4H3/t10-,11+,13-/m1/s1. The molecule has 2 aliphatic heterocycles. The molecule has 1 saturated heterocycles. The number of amides is 1. The first kappa shape index (κ1) is 16.1. The first-order valence-electron chi connectivity index (χ1n) is 7.45. The lowest BCUT2D eigenvalue weighted by atomic mass is 10.1. The summed E-state index contributed by atoms with van der Waals surface area (Å²) < 4.78 is 16.8. The smallest absolute Gasteiger partial charge is 0.413 e. The van der Waals surface area contributed by atoms with Crippen molar-refractivity contribution in [3.63, 3.8) is 0 Å². The first-order valence-corrected chi connectivity index (χ1v) is 7.45. The van der Waals surface area contributed by atoms with E-state index in [9.17, 15) is 9.90 Å². The molecule has 2 rings (SSSR count). The zero-order chi connectivity index (χ0) is 15.6. The van der Waals surface area contributed by atoms with Crippen LogP contribution in [0.3, 0.4) is 0 Å². The zero-order valence-corrected chi connectivity index (χ0v) is 13.2. The Bertz CT molecular complexity index is 415. The Morgan fingerprint density at radius 3 is 2.76 bits per heavy atom. The van der Waals surface area contributed by atoms with Crippen molar-refractivity contribution in [1.29, 1.82) is 0 Å². The summed E-state index contributed by atoms with van der Waals surface area (Å²) in [7, 11) is 0. The van der Waals surface area contributed by atoms with Gasteiger partial charge in [0, 0.05) is 6.42 Å². The van der Waals surface area contributed by atoms with Crippen LogP contribution in [0.4, 0.5) is 4.79 Å². The number of nitrogens with zero attached hydrogens (tertiary/aromatic N) is 1. The molecule has 3 atom stereocenters. The van der Waals surface area contributed by atoms with Crippen LogP contribution >= 0.6 is 0 Å². The van der Waals surface area contributed by atoms with Crippen molar-refractivity contribution in [2.45, 2.75) is 64.5 Å². The molecule has 0 aromatic carbocycles. The fourth-order valence-electron chi connectivity index (χ4n) is 2.67. The van der Waals surface area contributed by atoms with Crippen LogP contribution in [0.1, 0.15) is 40.5 Å². The largest absolute Gasteiger partial charge is 0.472 e. The van der Waals surface area contributed by atoms with E-state index in [1.54, 1.807) is 11.0 Å². The molecule has 0 spiro atoms. The number of cyclic esters (lactones) is 1. The fourth-order valence-corrected chi connectivity index (χ4v) is 2.67. The number of hydrogen-bond donors (Lipinski definition) is 1. The highest BCUT2D eigenvalue weighted by molar-refractivity contribution is 5.70. The van der Waals surface area contributed by atoms with Crippen molar-refractivity contribution in [3.8, 4) is 0 Å². The minimum atomic E-state index is -0.454. The summed E-state index contributed by atoms with van der Waals surface area (Å²) in [4.78, 5) is 13.6. The summed E-state index contributed by atoms with van der Waals surface area (Å²) in [5, 5.41) is 9.37. The molecule has 0 bridgehead atoms. The Hall–Kier alpha value is -1.27. The number of rotatable bonds is 4. The van der Waals surface area contributed by atoms with E-state index in [1.807, 2.05) is 27.7 Å². The van der Waals surface area contributed by atoms with E-state index in [2.05, 4.69) is 0 Å². The van der Waals surface area contributed by atoms with Gasteiger partial charge in [0.25, 0.3) is 0 Å². The third kappa shape index (κ3) is 3.89. The third-order valence-electron chi connectivity index (χ3n) is 3.54. The first-order chi connectivity index (χ1) is 9.84. The summed E-state index contributed by atoms with van der Waals surface area (Å²) in [5.74, 6) is 0.440. The predicted molar refractivity (Wildman–Crippen MR) is 76.6 cm³/mol. The molecular weight excluding hydrogens is 274 g/mol. The molecule has 6 heteroatoms. The molecule has 2 heterocycles. The van der Waals surface area contributed by atoms with E-state index in [1.165, 1.54) is 0 Å². The van der Waals surface area contributed by atoms with Crippen LogP contribution in [0.5, 0.6) is 0 Å². The Balaban J connectivity index is 2.14. The van der Waals surface area contributed by atoms with Gasteiger partial charge in [-0.05, 0) is 33.3 Å². The van der Waals surface area contributed by atoms with Gasteiger partial charge in [-0.2, -0.15) is 0 Å². The molecule has 1 amide bonds. The van der Waals surface area contributed by atoms with Gasteiger partial charge in [-0.1, -0.05) is 6.92 Å². The molecule has 0 radical (unpaired) electrons. The minimum absolute atomic E-state index is 0.0100. The maximum atomic E-state index is 11.9. The zero-order valence-electron chi connectivity index (χ0n) is 13.2. The number of carbonyl (C=O) groups is 1. The number of hydrogen-bond acceptors (Lipinski definition) is 5. The Labute approximate surface area is 125 Å². The second kappa shape index (κ2) is 6.23. The van der Waals surface area contributed by atoms with E-state index in [4.69, 9.17) is 14.2 Å². The molecule has 21 heavy (non-hydrogen) atoms. The quantitative estimate of drug-likeness (QED) is 0.860. The van der Waals surface area contributed by atoms with Crippen molar-refractivity contribution in [2.75, 3.05) is 13.2 Å². The van der Waals surface area contributed by atoms with Crippen molar-refractivity contribution >= 4 is 6.09 Å². The highest BCUT2D eigenvalue weighted by Crippen LogP contribution is 2.29. The van der Waals surface area contributed by atoms with E-state index in [-0.39, 0.29) is 30.4 Å². The van der Waals surface area contributed by atoms with Crippen molar-refractivity contribution in [3.05, 3.63) is 11.8 Å². The Morgan fingerprint density at radius 1 is 1.48 bits per heavy atom. The van der Waals surface area contributed by atoms with Crippen LogP contribution in [-0.4, -0.2) is 53.3 Å². The average Bonchev–Trinajstić information content (AvgIpc) is 2.77. The van der Waals surface area contributed by atoms with Gasteiger partial charge < -0.3 is 19.3 Å². The van der Waals surface area contributed by atoms with Crippen LogP contribution in [0.15, 0.2) is 11.8 Å². The topological polar surface area (TPSA) is 68.2 Å². The maximum Gasteiger partial charge on any atom is 0.413 e. The summed E-state index contributed by atoms with van der Waals surface area (Å²) in [5.41, 5.74) is -0.306. The van der Waals surface area contributed by atoms with Crippen LogP contribution in [-0.2, 0) is 14.2 Å². The monoisotopic (exact) mass is 299 g/mol. The lowest BCUT2D eigenvalue weighted by molar-refractivity contribution is -0.104. The second-order valence-electron chi connectivity index (χ2n) is 6.41. The van der Waals surface area contributed by atoms with E-state index in [0.717, 1.165) is 6.42 Å². The number of aliphatic hydroxyl groups is 1. The molecule has 0 aromatic rings. The van der Waals surface area contributed by atoms with Crippen LogP contribution in [0.25, 0.3) is 0 Å². The normalized spacial score (nSPS) is 30.0. The number of ether oxygens (including phenoxy) is 3. The van der Waals surface area contributed by atoms with Gasteiger partial charge in [-0.3, -0.25) is 4.90 Å². The van der Waals surface area contributed by atoms with Gasteiger partial charge in [0.1, 0.15) is 19.0 Å². The van der Waals surface area contributed by atoms with E-state index < -0.39 is 6.23 Å². The van der Waals surface area contributed by atoms with Gasteiger partial charge in [0.2, 0.25) is 0 Å². The number of aliphatic hydroxyl groups excluding tert-OH is 1. The Kier molecular flexibility index (Phi) is 4.78. The van der Waals surface area contributed by atoms with Gasteiger partial charge in [0.15, 0.2) is 6.23 Å². The fraction of sp³-hybridized carbons (Fsp3) is 0.800. The number of carbonyl (C=O) groups excluding carboxylic acids is 1. The molecule has 0 saturated carbocycles.